The Balaban J connectivity index is 2.67. The molecule has 0 fully saturated rings. The number of benzene rings is 1. The molecule has 0 saturated heterocycles. The van der Waals surface area contributed by atoms with Gasteiger partial charge in [0, 0.05) is 16.9 Å². The normalized spacial score (nSPS) is 16.4. The van der Waals surface area contributed by atoms with Gasteiger partial charge in [-0.05, 0) is 24.3 Å². The molecule has 0 spiro atoms. The predicted octanol–water partition coefficient (Wildman–Crippen LogP) is 1.76. The van der Waals surface area contributed by atoms with Crippen LogP contribution in [0.3, 0.4) is 0 Å². The highest BCUT2D eigenvalue weighted by Gasteiger charge is 2.27. The molecule has 0 saturated carbocycles. The number of hydrogen-bond acceptors (Lipinski definition) is 3. The summed E-state index contributed by atoms with van der Waals surface area (Å²) in [7, 11) is 1.50. The molecule has 1 aliphatic heterocycles. The summed E-state index contributed by atoms with van der Waals surface area (Å²) in [4.78, 5) is 11.8. The molecule has 82 valence electrons. The standard InChI is InChI=1S/C12H12N2O2/c1-3-10(16-2)11-8-6-7(13)4-5-9(8)14-12(11)15/h3-6H,1,13H2,2H3,(H,14,15). The lowest BCUT2D eigenvalue weighted by atomic mass is 10.1. The van der Waals surface area contributed by atoms with Gasteiger partial charge in [0.2, 0.25) is 0 Å². The molecule has 16 heavy (non-hydrogen) atoms. The molecular formula is C12H12N2O2. The van der Waals surface area contributed by atoms with E-state index in [0.29, 0.717) is 17.0 Å². The fourth-order valence-electron chi connectivity index (χ4n) is 1.72. The Morgan fingerprint density at radius 2 is 2.31 bits per heavy atom. The molecule has 0 atom stereocenters. The molecule has 1 heterocycles. The van der Waals surface area contributed by atoms with Gasteiger partial charge < -0.3 is 15.8 Å². The first-order chi connectivity index (χ1) is 7.67. The fraction of sp³-hybridized carbons (Fsp3) is 0.0833. The summed E-state index contributed by atoms with van der Waals surface area (Å²) in [5, 5.41) is 2.74. The summed E-state index contributed by atoms with van der Waals surface area (Å²) in [5.74, 6) is 0.249. The topological polar surface area (TPSA) is 64.3 Å². The van der Waals surface area contributed by atoms with Crippen molar-refractivity contribution in [3.63, 3.8) is 0 Å². The minimum Gasteiger partial charge on any atom is -0.496 e. The molecule has 4 heteroatoms. The highest BCUT2D eigenvalue weighted by atomic mass is 16.5. The number of nitrogen functional groups attached to an aromatic ring is 1. The van der Waals surface area contributed by atoms with Gasteiger partial charge in [0.25, 0.3) is 5.91 Å². The van der Waals surface area contributed by atoms with Crippen molar-refractivity contribution >= 4 is 22.9 Å². The minimum absolute atomic E-state index is 0.197. The monoisotopic (exact) mass is 216 g/mol. The number of rotatable bonds is 2. The summed E-state index contributed by atoms with van der Waals surface area (Å²) in [6.45, 7) is 3.61. The van der Waals surface area contributed by atoms with Crippen LogP contribution in [0.5, 0.6) is 0 Å². The van der Waals surface area contributed by atoms with Crippen LogP contribution in [-0.4, -0.2) is 13.0 Å². The number of fused-ring (bicyclic) bond motifs is 1. The first kappa shape index (κ1) is 10.3. The Morgan fingerprint density at radius 3 is 2.94 bits per heavy atom. The van der Waals surface area contributed by atoms with Gasteiger partial charge in [-0.15, -0.1) is 0 Å². The largest absolute Gasteiger partial charge is 0.496 e. The third-order valence-corrected chi connectivity index (χ3v) is 2.44. The molecule has 4 nitrogen and oxygen atoms in total. The molecule has 0 aliphatic carbocycles. The van der Waals surface area contributed by atoms with Gasteiger partial charge in [-0.3, -0.25) is 4.79 Å². The lowest BCUT2D eigenvalue weighted by Gasteiger charge is -2.04. The number of carbonyl (C=O) groups excluding carboxylic acids is 1. The molecular weight excluding hydrogens is 204 g/mol. The van der Waals surface area contributed by atoms with Crippen molar-refractivity contribution in [2.45, 2.75) is 0 Å². The van der Waals surface area contributed by atoms with Crippen LogP contribution in [0.25, 0.3) is 5.57 Å². The molecule has 0 bridgehead atoms. The van der Waals surface area contributed by atoms with Crippen molar-refractivity contribution in [3.05, 3.63) is 42.2 Å². The van der Waals surface area contributed by atoms with Crippen LogP contribution < -0.4 is 11.1 Å². The maximum Gasteiger partial charge on any atom is 0.260 e. The zero-order valence-electron chi connectivity index (χ0n) is 8.91. The van der Waals surface area contributed by atoms with Crippen molar-refractivity contribution in [1.29, 1.82) is 0 Å². The van der Waals surface area contributed by atoms with Crippen LogP contribution in [0, 0.1) is 0 Å². The Labute approximate surface area is 93.4 Å². The van der Waals surface area contributed by atoms with E-state index in [-0.39, 0.29) is 5.91 Å². The van der Waals surface area contributed by atoms with Crippen molar-refractivity contribution in [3.8, 4) is 0 Å². The highest BCUT2D eigenvalue weighted by molar-refractivity contribution is 6.32. The van der Waals surface area contributed by atoms with Crippen molar-refractivity contribution < 1.29 is 9.53 Å². The highest BCUT2D eigenvalue weighted by Crippen LogP contribution is 2.35. The van der Waals surface area contributed by atoms with Crippen LogP contribution in [0.2, 0.25) is 0 Å². The first-order valence-electron chi connectivity index (χ1n) is 4.79. The minimum atomic E-state index is -0.197. The second-order valence-corrected chi connectivity index (χ2v) is 3.41. The van der Waals surface area contributed by atoms with E-state index in [2.05, 4.69) is 11.9 Å². The van der Waals surface area contributed by atoms with Crippen molar-refractivity contribution in [2.24, 2.45) is 0 Å². The SMILES string of the molecule is C=CC(OC)=C1C(=O)Nc2ccc(N)cc21. The van der Waals surface area contributed by atoms with Gasteiger partial charge in [-0.1, -0.05) is 6.58 Å². The molecule has 1 aliphatic rings. The fourth-order valence-corrected chi connectivity index (χ4v) is 1.72. The predicted molar refractivity (Wildman–Crippen MR) is 63.6 cm³/mol. The van der Waals surface area contributed by atoms with Gasteiger partial charge in [0.15, 0.2) is 0 Å². The average molecular weight is 216 g/mol. The van der Waals surface area contributed by atoms with E-state index in [4.69, 9.17) is 10.5 Å². The smallest absolute Gasteiger partial charge is 0.260 e. The summed E-state index contributed by atoms with van der Waals surface area (Å²) in [6, 6.07) is 5.25. The van der Waals surface area contributed by atoms with Gasteiger partial charge in [-0.25, -0.2) is 0 Å². The zero-order chi connectivity index (χ0) is 11.7. The quantitative estimate of drug-likeness (QED) is 0.450. The van der Waals surface area contributed by atoms with Crippen molar-refractivity contribution in [1.82, 2.24) is 0 Å². The van der Waals surface area contributed by atoms with E-state index in [1.807, 2.05) is 0 Å². The average Bonchev–Trinajstić information content (AvgIpc) is 2.58. The second-order valence-electron chi connectivity index (χ2n) is 3.41. The Hall–Kier alpha value is -2.23. The van der Waals surface area contributed by atoms with Crippen LogP contribution in [0.4, 0.5) is 11.4 Å². The number of amides is 1. The molecule has 0 unspecified atom stereocenters. The van der Waals surface area contributed by atoms with E-state index in [1.165, 1.54) is 13.2 Å². The van der Waals surface area contributed by atoms with Gasteiger partial charge in [0.1, 0.15) is 5.76 Å². The molecule has 0 aromatic heterocycles. The van der Waals surface area contributed by atoms with Crippen LogP contribution in [0.15, 0.2) is 36.6 Å². The number of anilines is 2. The van der Waals surface area contributed by atoms with E-state index in [1.54, 1.807) is 18.2 Å². The zero-order valence-corrected chi connectivity index (χ0v) is 8.91. The van der Waals surface area contributed by atoms with Crippen LogP contribution in [0.1, 0.15) is 5.56 Å². The Morgan fingerprint density at radius 1 is 1.56 bits per heavy atom. The number of methoxy groups -OCH3 is 1. The molecule has 2 rings (SSSR count). The summed E-state index contributed by atoms with van der Waals surface area (Å²) in [6.07, 6.45) is 1.51. The molecule has 1 amide bonds. The third kappa shape index (κ3) is 1.44. The third-order valence-electron chi connectivity index (χ3n) is 2.44. The number of ether oxygens (including phenoxy) is 1. The number of carbonyl (C=O) groups is 1. The number of hydrogen-bond donors (Lipinski definition) is 2. The maximum absolute atomic E-state index is 11.8. The Bertz CT molecular complexity index is 504. The van der Waals surface area contributed by atoms with Crippen molar-refractivity contribution in [2.75, 3.05) is 18.2 Å². The lowest BCUT2D eigenvalue weighted by molar-refractivity contribution is -0.110. The number of allylic oxidation sites excluding steroid dienone is 1. The summed E-state index contributed by atoms with van der Waals surface area (Å²) >= 11 is 0. The van der Waals surface area contributed by atoms with Crippen LogP contribution >= 0.6 is 0 Å². The van der Waals surface area contributed by atoms with Crippen LogP contribution in [-0.2, 0) is 9.53 Å². The van der Waals surface area contributed by atoms with E-state index < -0.39 is 0 Å². The lowest BCUT2D eigenvalue weighted by Crippen LogP contribution is -2.06. The van der Waals surface area contributed by atoms with E-state index in [0.717, 1.165) is 11.3 Å². The second kappa shape index (κ2) is 3.73. The first-order valence-corrected chi connectivity index (χ1v) is 4.79. The number of nitrogens with two attached hydrogens (primary N) is 1. The Kier molecular flexibility index (Phi) is 2.40. The molecule has 1 aromatic rings. The molecule has 0 radical (unpaired) electrons. The van der Waals surface area contributed by atoms with E-state index in [9.17, 15) is 4.79 Å². The van der Waals surface area contributed by atoms with E-state index >= 15 is 0 Å². The van der Waals surface area contributed by atoms with Gasteiger partial charge in [-0.2, -0.15) is 0 Å². The maximum atomic E-state index is 11.8. The summed E-state index contributed by atoms with van der Waals surface area (Å²) in [5.41, 5.74) is 8.26. The summed E-state index contributed by atoms with van der Waals surface area (Å²) < 4.78 is 5.11. The molecule has 3 N–H and O–H groups in total. The molecule has 1 aromatic carbocycles. The van der Waals surface area contributed by atoms with Gasteiger partial charge >= 0.3 is 0 Å². The van der Waals surface area contributed by atoms with Gasteiger partial charge in [0.05, 0.1) is 12.7 Å². The number of nitrogens with one attached hydrogen (secondary N) is 1.